The first kappa shape index (κ1) is 23.2. The van der Waals surface area contributed by atoms with E-state index in [0.717, 1.165) is 20.1 Å². The van der Waals surface area contributed by atoms with Crippen LogP contribution in [0.4, 0.5) is 0 Å². The number of aromatic nitrogens is 2. The van der Waals surface area contributed by atoms with E-state index in [4.69, 9.17) is 9.47 Å². The van der Waals surface area contributed by atoms with E-state index in [2.05, 4.69) is 54.1 Å². The summed E-state index contributed by atoms with van der Waals surface area (Å²) in [4.78, 5) is 17.4. The fourth-order valence-electron chi connectivity index (χ4n) is 3.31. The van der Waals surface area contributed by atoms with Gasteiger partial charge < -0.3 is 9.47 Å². The standard InChI is InChI=1S/C25H21Br2N3O3/c1-15-4-6-17(7-5-15)14-33-24-21(27)10-18(11-23(24)32-3)13-28-30-16(2)29-22-9-8-19(26)12-20(22)25(30)31/h4-13H,14H2,1-3H3. The van der Waals surface area contributed by atoms with Gasteiger partial charge in [-0.1, -0.05) is 45.8 Å². The smallest absolute Gasteiger partial charge is 0.282 e. The highest BCUT2D eigenvalue weighted by atomic mass is 79.9. The van der Waals surface area contributed by atoms with Crippen molar-refractivity contribution in [3.63, 3.8) is 0 Å². The first-order valence-corrected chi connectivity index (χ1v) is 11.7. The van der Waals surface area contributed by atoms with Gasteiger partial charge in [-0.2, -0.15) is 9.78 Å². The lowest BCUT2D eigenvalue weighted by molar-refractivity contribution is 0.282. The minimum atomic E-state index is -0.237. The van der Waals surface area contributed by atoms with Gasteiger partial charge in [-0.15, -0.1) is 0 Å². The predicted octanol–water partition coefficient (Wildman–Crippen LogP) is 6.01. The van der Waals surface area contributed by atoms with Crippen LogP contribution in [0.2, 0.25) is 0 Å². The Morgan fingerprint density at radius 3 is 2.55 bits per heavy atom. The first-order valence-electron chi connectivity index (χ1n) is 10.1. The van der Waals surface area contributed by atoms with Crippen LogP contribution in [0, 0.1) is 13.8 Å². The Kier molecular flexibility index (Phi) is 6.95. The van der Waals surface area contributed by atoms with Gasteiger partial charge in [0, 0.05) is 4.47 Å². The number of halogens is 2. The third kappa shape index (κ3) is 5.17. The number of hydrogen-bond acceptors (Lipinski definition) is 5. The van der Waals surface area contributed by atoms with Crippen LogP contribution in [0.1, 0.15) is 22.5 Å². The summed E-state index contributed by atoms with van der Waals surface area (Å²) in [7, 11) is 1.58. The van der Waals surface area contributed by atoms with E-state index in [1.165, 1.54) is 10.2 Å². The van der Waals surface area contributed by atoms with E-state index in [1.54, 1.807) is 32.4 Å². The molecule has 0 aliphatic heterocycles. The van der Waals surface area contributed by atoms with E-state index in [0.29, 0.717) is 34.8 Å². The van der Waals surface area contributed by atoms with Crippen molar-refractivity contribution in [2.45, 2.75) is 20.5 Å². The summed E-state index contributed by atoms with van der Waals surface area (Å²) in [6.07, 6.45) is 1.59. The Hall–Kier alpha value is -2.97. The van der Waals surface area contributed by atoms with Gasteiger partial charge in [-0.25, -0.2) is 4.98 Å². The van der Waals surface area contributed by atoms with Gasteiger partial charge in [0.2, 0.25) is 0 Å². The van der Waals surface area contributed by atoms with Crippen molar-refractivity contribution in [3.8, 4) is 11.5 Å². The molecule has 0 N–H and O–H groups in total. The summed E-state index contributed by atoms with van der Waals surface area (Å²) in [6.45, 7) is 4.21. The molecule has 33 heavy (non-hydrogen) atoms. The summed E-state index contributed by atoms with van der Waals surface area (Å²) in [5.74, 6) is 1.65. The normalized spacial score (nSPS) is 11.3. The molecule has 0 saturated carbocycles. The van der Waals surface area contributed by atoms with Crippen molar-refractivity contribution < 1.29 is 9.47 Å². The largest absolute Gasteiger partial charge is 0.493 e. The van der Waals surface area contributed by atoms with Crippen molar-refractivity contribution >= 4 is 49.0 Å². The fourth-order valence-corrected chi connectivity index (χ4v) is 4.25. The number of benzene rings is 3. The second-order valence-electron chi connectivity index (χ2n) is 7.49. The Bertz CT molecular complexity index is 1410. The van der Waals surface area contributed by atoms with E-state index in [-0.39, 0.29) is 5.56 Å². The zero-order valence-electron chi connectivity index (χ0n) is 18.3. The number of ether oxygens (including phenoxy) is 2. The minimum Gasteiger partial charge on any atom is -0.493 e. The highest BCUT2D eigenvalue weighted by Crippen LogP contribution is 2.37. The third-order valence-electron chi connectivity index (χ3n) is 5.05. The van der Waals surface area contributed by atoms with Crippen LogP contribution < -0.4 is 15.0 Å². The molecule has 168 valence electrons. The number of aryl methyl sites for hydroxylation is 2. The van der Waals surface area contributed by atoms with Gasteiger partial charge in [0.1, 0.15) is 12.4 Å². The highest BCUT2D eigenvalue weighted by molar-refractivity contribution is 9.10. The van der Waals surface area contributed by atoms with Crippen LogP contribution in [0.3, 0.4) is 0 Å². The second-order valence-corrected chi connectivity index (χ2v) is 9.26. The van der Waals surface area contributed by atoms with Crippen LogP contribution >= 0.6 is 31.9 Å². The molecule has 4 aromatic rings. The fraction of sp³-hybridized carbons (Fsp3) is 0.160. The van der Waals surface area contributed by atoms with Crippen molar-refractivity contribution in [2.75, 3.05) is 7.11 Å². The quantitative estimate of drug-likeness (QED) is 0.266. The molecule has 1 heterocycles. The number of rotatable bonds is 6. The molecule has 0 unspecified atom stereocenters. The van der Waals surface area contributed by atoms with E-state index >= 15 is 0 Å². The molecule has 8 heteroatoms. The van der Waals surface area contributed by atoms with Gasteiger partial charge in [0.15, 0.2) is 11.5 Å². The van der Waals surface area contributed by atoms with Crippen LogP contribution in [0.15, 0.2) is 73.4 Å². The number of hydrogen-bond donors (Lipinski definition) is 0. The SMILES string of the molecule is COc1cc(C=Nn2c(C)nc3ccc(Br)cc3c2=O)cc(Br)c1OCc1ccc(C)cc1. The zero-order valence-corrected chi connectivity index (χ0v) is 21.5. The van der Waals surface area contributed by atoms with Gasteiger partial charge in [0.05, 0.1) is 28.7 Å². The Labute approximate surface area is 208 Å². The van der Waals surface area contributed by atoms with E-state index in [9.17, 15) is 4.79 Å². The minimum absolute atomic E-state index is 0.237. The molecule has 6 nitrogen and oxygen atoms in total. The predicted molar refractivity (Wildman–Crippen MR) is 138 cm³/mol. The molecule has 4 rings (SSSR count). The lowest BCUT2D eigenvalue weighted by Gasteiger charge is -2.14. The van der Waals surface area contributed by atoms with Crippen LogP contribution in [0.5, 0.6) is 11.5 Å². The highest BCUT2D eigenvalue weighted by Gasteiger charge is 2.12. The molecule has 1 aromatic heterocycles. The molecular formula is C25H21Br2N3O3. The molecule has 0 aliphatic carbocycles. The Balaban J connectivity index is 1.63. The molecule has 0 spiro atoms. The van der Waals surface area contributed by atoms with E-state index in [1.807, 2.05) is 37.3 Å². The summed E-state index contributed by atoms with van der Waals surface area (Å²) in [5.41, 5.74) is 3.39. The summed E-state index contributed by atoms with van der Waals surface area (Å²) in [6, 6.07) is 17.2. The van der Waals surface area contributed by atoms with Gasteiger partial charge >= 0.3 is 0 Å². The maximum absolute atomic E-state index is 12.9. The molecule has 0 saturated heterocycles. The molecule has 3 aromatic carbocycles. The second kappa shape index (κ2) is 9.89. The monoisotopic (exact) mass is 569 g/mol. The van der Waals surface area contributed by atoms with Crippen molar-refractivity contribution in [3.05, 3.63) is 96.4 Å². The zero-order chi connectivity index (χ0) is 23.5. The summed E-state index contributed by atoms with van der Waals surface area (Å²) >= 11 is 6.97. The molecule has 0 fully saturated rings. The third-order valence-corrected chi connectivity index (χ3v) is 6.13. The van der Waals surface area contributed by atoms with Gasteiger partial charge in [0.25, 0.3) is 5.56 Å². The molecule has 0 aliphatic rings. The topological polar surface area (TPSA) is 65.7 Å². The van der Waals surface area contributed by atoms with Crippen LogP contribution in [-0.2, 0) is 6.61 Å². The molecule has 0 amide bonds. The number of methoxy groups -OCH3 is 1. The van der Waals surface area contributed by atoms with Crippen LogP contribution in [-0.4, -0.2) is 23.0 Å². The van der Waals surface area contributed by atoms with Gasteiger partial charge in [-0.3, -0.25) is 4.79 Å². The molecular weight excluding hydrogens is 550 g/mol. The van der Waals surface area contributed by atoms with Crippen molar-refractivity contribution in [1.29, 1.82) is 0 Å². The van der Waals surface area contributed by atoms with E-state index < -0.39 is 0 Å². The number of nitrogens with zero attached hydrogens (tertiary/aromatic N) is 3. The summed E-state index contributed by atoms with van der Waals surface area (Å²) in [5, 5.41) is 4.88. The number of fused-ring (bicyclic) bond motifs is 1. The van der Waals surface area contributed by atoms with Crippen LogP contribution in [0.25, 0.3) is 10.9 Å². The maximum atomic E-state index is 12.9. The Morgan fingerprint density at radius 2 is 1.82 bits per heavy atom. The lowest BCUT2D eigenvalue weighted by Crippen LogP contribution is -2.20. The summed E-state index contributed by atoms with van der Waals surface area (Å²) < 4.78 is 14.4. The van der Waals surface area contributed by atoms with Crippen molar-refractivity contribution in [2.24, 2.45) is 5.10 Å². The molecule has 0 bridgehead atoms. The average molecular weight is 571 g/mol. The molecule has 0 radical (unpaired) electrons. The molecule has 0 atom stereocenters. The van der Waals surface area contributed by atoms with Gasteiger partial charge in [-0.05, 0) is 71.2 Å². The average Bonchev–Trinajstić information content (AvgIpc) is 2.79. The first-order chi connectivity index (χ1) is 15.9. The maximum Gasteiger partial charge on any atom is 0.282 e. The lowest BCUT2D eigenvalue weighted by atomic mass is 10.2. The van der Waals surface area contributed by atoms with Crippen molar-refractivity contribution in [1.82, 2.24) is 9.66 Å². The Morgan fingerprint density at radius 1 is 1.06 bits per heavy atom.